The van der Waals surface area contributed by atoms with E-state index in [1.54, 1.807) is 0 Å². The van der Waals surface area contributed by atoms with Gasteiger partial charge in [0.05, 0.1) is 5.56 Å². The van der Waals surface area contributed by atoms with E-state index >= 15 is 0 Å². The highest BCUT2D eigenvalue weighted by atomic mass is 35.5. The Morgan fingerprint density at radius 1 is 1.36 bits per heavy atom. The summed E-state index contributed by atoms with van der Waals surface area (Å²) in [7, 11) is 0. The van der Waals surface area contributed by atoms with Crippen molar-refractivity contribution >= 4 is 18.3 Å². The van der Waals surface area contributed by atoms with E-state index in [9.17, 15) is 22.4 Å². The highest BCUT2D eigenvalue weighted by Crippen LogP contribution is 2.31. The molecular formula is C14H19ClF4N2O. The molecule has 0 spiro atoms. The Bertz CT molecular complexity index is 494. The summed E-state index contributed by atoms with van der Waals surface area (Å²) < 4.78 is 50.9. The van der Waals surface area contributed by atoms with Gasteiger partial charge in [-0.3, -0.25) is 4.79 Å². The number of hydrogen-bond donors (Lipinski definition) is 2. The first kappa shape index (κ1) is 20.7. The van der Waals surface area contributed by atoms with Crippen LogP contribution < -0.4 is 11.1 Å². The first-order valence-corrected chi connectivity index (χ1v) is 6.67. The Hall–Kier alpha value is -1.34. The number of nitrogens with two attached hydrogens (primary N) is 1. The number of benzene rings is 1. The normalized spacial score (nSPS) is 12.5. The van der Waals surface area contributed by atoms with Crippen molar-refractivity contribution < 1.29 is 22.4 Å². The fourth-order valence-electron chi connectivity index (χ4n) is 1.85. The van der Waals surface area contributed by atoms with Gasteiger partial charge in [0, 0.05) is 18.2 Å². The number of hydrogen-bond acceptors (Lipinski definition) is 2. The molecule has 3 N–H and O–H groups in total. The summed E-state index contributed by atoms with van der Waals surface area (Å²) in [4.78, 5) is 11.9. The molecule has 1 atom stereocenters. The van der Waals surface area contributed by atoms with Crippen molar-refractivity contribution in [1.82, 2.24) is 5.32 Å². The zero-order chi connectivity index (χ0) is 16.0. The number of amides is 1. The highest BCUT2D eigenvalue weighted by Gasteiger charge is 2.34. The van der Waals surface area contributed by atoms with Crippen molar-refractivity contribution in [2.24, 2.45) is 5.73 Å². The van der Waals surface area contributed by atoms with Gasteiger partial charge in [0.15, 0.2) is 0 Å². The minimum Gasteiger partial charge on any atom is -0.348 e. The van der Waals surface area contributed by atoms with Crippen LogP contribution in [0.5, 0.6) is 0 Å². The summed E-state index contributed by atoms with van der Waals surface area (Å²) in [6, 6.07) is 1.86. The third-order valence-corrected chi connectivity index (χ3v) is 3.06. The summed E-state index contributed by atoms with van der Waals surface area (Å²) in [5, 5.41) is 2.56. The quantitative estimate of drug-likeness (QED) is 0.777. The molecule has 0 saturated carbocycles. The number of rotatable bonds is 6. The molecule has 0 bridgehead atoms. The van der Waals surface area contributed by atoms with E-state index in [1.807, 2.05) is 6.92 Å². The molecular weight excluding hydrogens is 324 g/mol. The van der Waals surface area contributed by atoms with Crippen LogP contribution in [-0.2, 0) is 6.18 Å². The van der Waals surface area contributed by atoms with E-state index in [0.29, 0.717) is 18.6 Å². The van der Waals surface area contributed by atoms with E-state index in [1.165, 1.54) is 0 Å². The molecule has 22 heavy (non-hydrogen) atoms. The van der Waals surface area contributed by atoms with Gasteiger partial charge in [-0.1, -0.05) is 19.8 Å². The molecule has 0 saturated heterocycles. The van der Waals surface area contributed by atoms with Crippen LogP contribution in [0, 0.1) is 5.82 Å². The van der Waals surface area contributed by atoms with E-state index < -0.39 is 23.5 Å². The Morgan fingerprint density at radius 2 is 2.00 bits per heavy atom. The van der Waals surface area contributed by atoms with Crippen molar-refractivity contribution in [3.05, 3.63) is 35.1 Å². The van der Waals surface area contributed by atoms with Gasteiger partial charge in [0.1, 0.15) is 5.82 Å². The van der Waals surface area contributed by atoms with Gasteiger partial charge >= 0.3 is 6.18 Å². The van der Waals surface area contributed by atoms with Crippen LogP contribution in [0.4, 0.5) is 17.6 Å². The number of unbranched alkanes of at least 4 members (excludes halogenated alkanes) is 1. The third-order valence-electron chi connectivity index (χ3n) is 3.06. The molecule has 1 amide bonds. The van der Waals surface area contributed by atoms with Crippen molar-refractivity contribution in [3.8, 4) is 0 Å². The van der Waals surface area contributed by atoms with E-state index in [0.717, 1.165) is 18.9 Å². The van der Waals surface area contributed by atoms with Crippen molar-refractivity contribution in [2.45, 2.75) is 38.4 Å². The molecule has 0 aliphatic rings. The molecule has 1 aromatic carbocycles. The second-order valence-electron chi connectivity index (χ2n) is 4.74. The largest absolute Gasteiger partial charge is 0.419 e. The predicted molar refractivity (Wildman–Crippen MR) is 78.5 cm³/mol. The summed E-state index contributed by atoms with van der Waals surface area (Å²) in [6.45, 7) is 2.17. The topological polar surface area (TPSA) is 55.1 Å². The van der Waals surface area contributed by atoms with Crippen LogP contribution in [0.2, 0.25) is 0 Å². The monoisotopic (exact) mass is 342 g/mol. The summed E-state index contributed by atoms with van der Waals surface area (Å²) in [5.74, 6) is -2.09. The van der Waals surface area contributed by atoms with E-state index in [4.69, 9.17) is 5.73 Å². The highest BCUT2D eigenvalue weighted by molar-refractivity contribution is 5.94. The predicted octanol–water partition coefficient (Wildman–Crippen LogP) is 3.51. The second kappa shape index (κ2) is 8.95. The molecule has 0 aliphatic heterocycles. The van der Waals surface area contributed by atoms with Gasteiger partial charge in [0.25, 0.3) is 5.91 Å². The fourth-order valence-corrected chi connectivity index (χ4v) is 1.85. The Kier molecular flexibility index (Phi) is 8.40. The van der Waals surface area contributed by atoms with Crippen molar-refractivity contribution in [3.63, 3.8) is 0 Å². The van der Waals surface area contributed by atoms with Crippen molar-refractivity contribution in [1.29, 1.82) is 0 Å². The molecule has 1 aromatic rings. The third kappa shape index (κ3) is 5.81. The second-order valence-corrected chi connectivity index (χ2v) is 4.74. The summed E-state index contributed by atoms with van der Waals surface area (Å²) >= 11 is 0. The maximum Gasteiger partial charge on any atom is 0.419 e. The van der Waals surface area contributed by atoms with Gasteiger partial charge in [-0.05, 0) is 24.6 Å². The summed E-state index contributed by atoms with van der Waals surface area (Å²) in [6.07, 6.45) is -2.43. The number of halogens is 5. The Labute approximate surface area is 132 Å². The van der Waals surface area contributed by atoms with Gasteiger partial charge in [0.2, 0.25) is 0 Å². The van der Waals surface area contributed by atoms with E-state index in [-0.39, 0.29) is 30.6 Å². The lowest BCUT2D eigenvalue weighted by molar-refractivity contribution is -0.140. The minimum atomic E-state index is -4.84. The first-order valence-electron chi connectivity index (χ1n) is 6.67. The average Bonchev–Trinajstić information content (AvgIpc) is 2.42. The lowest BCUT2D eigenvalue weighted by Crippen LogP contribution is -2.40. The van der Waals surface area contributed by atoms with E-state index in [2.05, 4.69) is 5.32 Å². The first-order chi connectivity index (χ1) is 9.79. The molecule has 0 aromatic heterocycles. The molecule has 126 valence electrons. The minimum absolute atomic E-state index is 0. The van der Waals surface area contributed by atoms with Gasteiger partial charge in [-0.2, -0.15) is 13.2 Å². The number of alkyl halides is 3. The smallest absolute Gasteiger partial charge is 0.348 e. The van der Waals surface area contributed by atoms with Crippen molar-refractivity contribution in [2.75, 3.05) is 6.54 Å². The molecule has 1 rings (SSSR count). The van der Waals surface area contributed by atoms with Crippen LogP contribution in [-0.4, -0.2) is 18.5 Å². The maximum absolute atomic E-state index is 13.2. The average molecular weight is 343 g/mol. The molecule has 8 heteroatoms. The lowest BCUT2D eigenvalue weighted by Gasteiger charge is -2.17. The maximum atomic E-state index is 13.2. The number of carbonyl (C=O) groups excluding carboxylic acids is 1. The van der Waals surface area contributed by atoms with Gasteiger partial charge in [-0.25, -0.2) is 4.39 Å². The standard InChI is InChI=1S/C14H18F4N2O.ClH/c1-2-3-4-10(8-19)20-13(21)9-5-6-12(15)11(7-9)14(16,17)18;/h5-7,10H,2-4,8,19H2,1H3,(H,20,21);1H. The van der Waals surface area contributed by atoms with Gasteiger partial charge < -0.3 is 11.1 Å². The zero-order valence-electron chi connectivity index (χ0n) is 12.0. The van der Waals surface area contributed by atoms with Gasteiger partial charge in [-0.15, -0.1) is 12.4 Å². The summed E-state index contributed by atoms with van der Waals surface area (Å²) in [5.41, 5.74) is 3.82. The van der Waals surface area contributed by atoms with Crippen LogP contribution in [0.15, 0.2) is 18.2 Å². The Balaban J connectivity index is 0.00000441. The fraction of sp³-hybridized carbons (Fsp3) is 0.500. The number of carbonyl (C=O) groups is 1. The zero-order valence-corrected chi connectivity index (χ0v) is 12.9. The molecule has 0 aliphatic carbocycles. The number of nitrogens with one attached hydrogen (secondary N) is 1. The SMILES string of the molecule is CCCCC(CN)NC(=O)c1ccc(F)c(C(F)(F)F)c1.Cl. The molecule has 0 heterocycles. The molecule has 3 nitrogen and oxygen atoms in total. The van der Waals surface area contributed by atoms with Crippen LogP contribution in [0.1, 0.15) is 42.1 Å². The molecule has 0 radical (unpaired) electrons. The molecule has 0 fully saturated rings. The van der Waals surface area contributed by atoms with Crippen LogP contribution in [0.25, 0.3) is 0 Å². The Morgan fingerprint density at radius 3 is 2.50 bits per heavy atom. The van der Waals surface area contributed by atoms with Crippen LogP contribution in [0.3, 0.4) is 0 Å². The molecule has 1 unspecified atom stereocenters. The lowest BCUT2D eigenvalue weighted by atomic mass is 10.1. The van der Waals surface area contributed by atoms with Crippen LogP contribution >= 0.6 is 12.4 Å².